The number of morpholine rings is 1. The zero-order valence-corrected chi connectivity index (χ0v) is 22.6. The molecule has 1 aromatic heterocycles. The quantitative estimate of drug-likeness (QED) is 0.434. The Kier molecular flexibility index (Phi) is 7.42. The molecule has 204 valence electrons. The van der Waals surface area contributed by atoms with Crippen LogP contribution < -0.4 is 4.74 Å². The summed E-state index contributed by atoms with van der Waals surface area (Å²) in [5, 5.41) is 0. The molecule has 2 fully saturated rings. The fourth-order valence-corrected chi connectivity index (χ4v) is 6.17. The molecule has 1 saturated heterocycles. The van der Waals surface area contributed by atoms with Crippen LogP contribution in [0.2, 0.25) is 0 Å². The summed E-state index contributed by atoms with van der Waals surface area (Å²) in [4.78, 5) is 30.3. The number of hydrogen-bond donors (Lipinski definition) is 0. The highest BCUT2D eigenvalue weighted by molar-refractivity contribution is 5.91. The lowest BCUT2D eigenvalue weighted by atomic mass is 9.86. The molecule has 39 heavy (non-hydrogen) atoms. The molecule has 2 aliphatic heterocycles. The summed E-state index contributed by atoms with van der Waals surface area (Å²) < 4.78 is 17.3. The van der Waals surface area contributed by atoms with Crippen LogP contribution in [0.5, 0.6) is 5.75 Å². The molecule has 6 rings (SSSR count). The Bertz CT molecular complexity index is 1340. The molecular weight excluding hydrogens is 492 g/mol. The summed E-state index contributed by atoms with van der Waals surface area (Å²) >= 11 is 0. The Morgan fingerprint density at radius 2 is 1.79 bits per heavy atom. The number of nitrogens with zero attached hydrogens (tertiary/aromatic N) is 2. The fourth-order valence-electron chi connectivity index (χ4n) is 6.17. The highest BCUT2D eigenvalue weighted by atomic mass is 16.5. The van der Waals surface area contributed by atoms with Crippen LogP contribution in [-0.4, -0.2) is 54.5 Å². The van der Waals surface area contributed by atoms with E-state index in [0.717, 1.165) is 55.5 Å². The number of amides is 2. The summed E-state index contributed by atoms with van der Waals surface area (Å²) in [7, 11) is 0. The maximum Gasteiger partial charge on any atom is 0.289 e. The van der Waals surface area contributed by atoms with E-state index in [1.807, 2.05) is 6.07 Å². The number of rotatable bonds is 6. The molecule has 1 aliphatic carbocycles. The van der Waals surface area contributed by atoms with Crippen molar-refractivity contribution >= 4 is 11.8 Å². The SMILES string of the molecule is Cc1cccc(C2c3cc(OCc4ccc(C(=O)N5CCOCC5)o4)ccc3CCN2C(=O)C2CCCC2)c1. The number of benzene rings is 2. The van der Waals surface area contributed by atoms with E-state index in [4.69, 9.17) is 13.9 Å². The number of furan rings is 1. The lowest BCUT2D eigenvalue weighted by Crippen LogP contribution is -2.43. The second-order valence-corrected chi connectivity index (χ2v) is 10.9. The average Bonchev–Trinajstić information content (AvgIpc) is 3.68. The van der Waals surface area contributed by atoms with Gasteiger partial charge < -0.3 is 23.7 Å². The van der Waals surface area contributed by atoms with E-state index >= 15 is 0 Å². The van der Waals surface area contributed by atoms with Gasteiger partial charge in [-0.3, -0.25) is 9.59 Å². The third kappa shape index (κ3) is 5.46. The monoisotopic (exact) mass is 528 g/mol. The molecule has 3 aromatic rings. The lowest BCUT2D eigenvalue weighted by molar-refractivity contribution is -0.137. The zero-order chi connectivity index (χ0) is 26.8. The second kappa shape index (κ2) is 11.3. The van der Waals surface area contributed by atoms with Gasteiger partial charge in [0.25, 0.3) is 5.91 Å². The van der Waals surface area contributed by atoms with Crippen molar-refractivity contribution in [3.63, 3.8) is 0 Å². The summed E-state index contributed by atoms with van der Waals surface area (Å²) in [6.45, 7) is 5.29. The van der Waals surface area contributed by atoms with E-state index in [1.165, 1.54) is 11.1 Å². The molecule has 3 aliphatic rings. The predicted octanol–water partition coefficient (Wildman–Crippen LogP) is 5.30. The van der Waals surface area contributed by atoms with Gasteiger partial charge >= 0.3 is 0 Å². The number of hydrogen-bond acceptors (Lipinski definition) is 5. The molecule has 7 nitrogen and oxygen atoms in total. The first-order valence-electron chi connectivity index (χ1n) is 14.2. The summed E-state index contributed by atoms with van der Waals surface area (Å²) in [6.07, 6.45) is 5.10. The lowest BCUT2D eigenvalue weighted by Gasteiger charge is -2.39. The third-order valence-corrected chi connectivity index (χ3v) is 8.24. The first kappa shape index (κ1) is 25.7. The van der Waals surface area contributed by atoms with Crippen LogP contribution >= 0.6 is 0 Å². The minimum atomic E-state index is -0.133. The number of carbonyl (C=O) groups is 2. The van der Waals surface area contributed by atoms with Gasteiger partial charge in [0.1, 0.15) is 18.1 Å². The van der Waals surface area contributed by atoms with E-state index in [2.05, 4.69) is 48.2 Å². The van der Waals surface area contributed by atoms with Gasteiger partial charge in [0.05, 0.1) is 19.3 Å². The van der Waals surface area contributed by atoms with E-state index in [1.54, 1.807) is 17.0 Å². The van der Waals surface area contributed by atoms with Crippen LogP contribution in [0.15, 0.2) is 59.0 Å². The maximum absolute atomic E-state index is 13.7. The van der Waals surface area contributed by atoms with Crippen molar-refractivity contribution in [2.24, 2.45) is 5.92 Å². The van der Waals surface area contributed by atoms with E-state index in [-0.39, 0.29) is 30.4 Å². The maximum atomic E-state index is 13.7. The van der Waals surface area contributed by atoms with Crippen molar-refractivity contribution in [2.45, 2.75) is 51.7 Å². The van der Waals surface area contributed by atoms with Gasteiger partial charge in [-0.25, -0.2) is 0 Å². The number of carbonyl (C=O) groups excluding carboxylic acids is 2. The molecule has 0 radical (unpaired) electrons. The molecule has 0 spiro atoms. The highest BCUT2D eigenvalue weighted by Crippen LogP contribution is 2.40. The topological polar surface area (TPSA) is 72.2 Å². The Labute approximate surface area is 229 Å². The van der Waals surface area contributed by atoms with Gasteiger partial charge in [-0.05, 0) is 67.1 Å². The van der Waals surface area contributed by atoms with Crippen molar-refractivity contribution in [3.05, 3.63) is 88.4 Å². The summed E-state index contributed by atoms with van der Waals surface area (Å²) in [5.74, 6) is 1.93. The zero-order valence-electron chi connectivity index (χ0n) is 22.6. The van der Waals surface area contributed by atoms with Crippen molar-refractivity contribution in [2.75, 3.05) is 32.8 Å². The van der Waals surface area contributed by atoms with Gasteiger partial charge in [0.2, 0.25) is 5.91 Å². The van der Waals surface area contributed by atoms with Crippen molar-refractivity contribution < 1.29 is 23.5 Å². The molecule has 0 N–H and O–H groups in total. The molecule has 1 unspecified atom stereocenters. The Hall–Kier alpha value is -3.58. The largest absolute Gasteiger partial charge is 0.486 e. The van der Waals surface area contributed by atoms with Crippen molar-refractivity contribution in [3.8, 4) is 5.75 Å². The van der Waals surface area contributed by atoms with Crippen LogP contribution in [0.1, 0.15) is 70.3 Å². The Morgan fingerprint density at radius 1 is 0.974 bits per heavy atom. The molecule has 0 bridgehead atoms. The van der Waals surface area contributed by atoms with Gasteiger partial charge in [0, 0.05) is 25.6 Å². The smallest absolute Gasteiger partial charge is 0.289 e. The van der Waals surface area contributed by atoms with Gasteiger partial charge in [-0.2, -0.15) is 0 Å². The average molecular weight is 529 g/mol. The van der Waals surface area contributed by atoms with E-state index in [9.17, 15) is 9.59 Å². The first-order valence-corrected chi connectivity index (χ1v) is 14.2. The molecule has 2 aromatic carbocycles. The van der Waals surface area contributed by atoms with Crippen LogP contribution in [0.3, 0.4) is 0 Å². The third-order valence-electron chi connectivity index (χ3n) is 8.24. The van der Waals surface area contributed by atoms with Crippen molar-refractivity contribution in [1.29, 1.82) is 0 Å². The van der Waals surface area contributed by atoms with Gasteiger partial charge in [0.15, 0.2) is 5.76 Å². The molecule has 2 amide bonds. The van der Waals surface area contributed by atoms with Crippen molar-refractivity contribution in [1.82, 2.24) is 9.80 Å². The second-order valence-electron chi connectivity index (χ2n) is 10.9. The standard InChI is InChI=1S/C32H36N2O5/c1-22-5-4-8-25(19-22)30-28-20-26(10-9-23(28)13-14-34(30)31(35)24-6-2-3-7-24)38-21-27-11-12-29(39-27)32(36)33-15-17-37-18-16-33/h4-5,8-12,19-20,24,30H,2-3,6-7,13-18,21H2,1H3. The van der Waals surface area contributed by atoms with Gasteiger partial charge in [-0.1, -0.05) is 48.7 Å². The summed E-state index contributed by atoms with van der Waals surface area (Å²) in [6, 6.07) is 18.1. The van der Waals surface area contributed by atoms with Crippen LogP contribution in [0.4, 0.5) is 0 Å². The van der Waals surface area contributed by atoms with Crippen LogP contribution in [-0.2, 0) is 22.6 Å². The molecule has 1 atom stereocenters. The normalized spacial score (nSPS) is 19.7. The van der Waals surface area contributed by atoms with E-state index in [0.29, 0.717) is 37.8 Å². The Morgan fingerprint density at radius 3 is 2.59 bits per heavy atom. The minimum absolute atomic E-state index is 0.119. The minimum Gasteiger partial charge on any atom is -0.486 e. The molecular formula is C32H36N2O5. The molecule has 7 heteroatoms. The number of fused-ring (bicyclic) bond motifs is 1. The van der Waals surface area contributed by atoms with Gasteiger partial charge in [-0.15, -0.1) is 0 Å². The highest BCUT2D eigenvalue weighted by Gasteiger charge is 2.36. The molecule has 1 saturated carbocycles. The van der Waals surface area contributed by atoms with Crippen LogP contribution in [0, 0.1) is 12.8 Å². The number of ether oxygens (including phenoxy) is 2. The fraction of sp³-hybridized carbons (Fsp3) is 0.438. The molecule has 3 heterocycles. The number of aryl methyl sites for hydroxylation is 1. The first-order chi connectivity index (χ1) is 19.1. The summed E-state index contributed by atoms with van der Waals surface area (Å²) in [5.41, 5.74) is 4.69. The van der Waals surface area contributed by atoms with Crippen LogP contribution in [0.25, 0.3) is 0 Å². The predicted molar refractivity (Wildman–Crippen MR) is 147 cm³/mol. The van der Waals surface area contributed by atoms with E-state index < -0.39 is 0 Å². The Balaban J connectivity index is 1.22.